The summed E-state index contributed by atoms with van der Waals surface area (Å²) in [5.41, 5.74) is 16.5. The number of thiol groups is 1. The minimum atomic E-state index is -1.17. The highest BCUT2D eigenvalue weighted by Crippen LogP contribution is 2.10. The third-order valence-electron chi connectivity index (χ3n) is 5.14. The topological polar surface area (TPSA) is 215 Å². The Morgan fingerprint density at radius 3 is 2.12 bits per heavy atom. The van der Waals surface area contributed by atoms with Crippen LogP contribution in [0.1, 0.15) is 39.5 Å². The van der Waals surface area contributed by atoms with Gasteiger partial charge in [-0.15, -0.1) is 0 Å². The van der Waals surface area contributed by atoms with Crippen molar-refractivity contribution in [1.29, 1.82) is 0 Å². The lowest BCUT2D eigenvalue weighted by Crippen LogP contribution is -2.58. The molecule has 0 aliphatic rings. The van der Waals surface area contributed by atoms with Crippen molar-refractivity contribution in [3.05, 3.63) is 0 Å². The Morgan fingerprint density at radius 1 is 1.03 bits per heavy atom. The van der Waals surface area contributed by atoms with Gasteiger partial charge < -0.3 is 38.3 Å². The van der Waals surface area contributed by atoms with Crippen LogP contribution in [0.25, 0.3) is 0 Å². The molecule has 0 aromatic heterocycles. The quantitative estimate of drug-likeness (QED) is 0.0490. The van der Waals surface area contributed by atoms with E-state index < -0.39 is 47.9 Å². The van der Waals surface area contributed by atoms with Gasteiger partial charge in [0.05, 0.1) is 6.04 Å². The van der Waals surface area contributed by atoms with E-state index in [2.05, 4.69) is 33.6 Å². The minimum Gasteiger partial charge on any atom is -0.480 e. The van der Waals surface area contributed by atoms with E-state index in [0.717, 1.165) is 0 Å². The molecule has 0 heterocycles. The van der Waals surface area contributed by atoms with Crippen LogP contribution in [0.4, 0.5) is 0 Å². The molecule has 0 saturated carbocycles. The molecule has 0 aromatic rings. The number of thioether (sulfide) groups is 1. The summed E-state index contributed by atoms with van der Waals surface area (Å²) in [6.45, 7) is 3.73. The van der Waals surface area contributed by atoms with Gasteiger partial charge in [-0.3, -0.25) is 19.4 Å². The molecule has 5 atom stereocenters. The van der Waals surface area contributed by atoms with Gasteiger partial charge in [0.25, 0.3) is 0 Å². The zero-order valence-corrected chi connectivity index (χ0v) is 21.7. The molecule has 0 radical (unpaired) electrons. The number of hydrogen-bond donors (Lipinski definition) is 8. The fraction of sp³-hybridized carbons (Fsp3) is 0.750. The van der Waals surface area contributed by atoms with Crippen molar-refractivity contribution in [2.75, 3.05) is 24.3 Å². The van der Waals surface area contributed by atoms with E-state index in [9.17, 15) is 24.3 Å². The summed E-state index contributed by atoms with van der Waals surface area (Å²) in [5.74, 6) is -2.75. The number of aliphatic carboxylic acids is 1. The molecule has 0 rings (SSSR count). The Labute approximate surface area is 210 Å². The van der Waals surface area contributed by atoms with Gasteiger partial charge in [-0.2, -0.15) is 24.4 Å². The minimum absolute atomic E-state index is 0.0280. The molecule has 196 valence electrons. The molecule has 0 aromatic carbocycles. The predicted octanol–water partition coefficient (Wildman–Crippen LogP) is -1.36. The molecule has 0 fully saturated rings. The third kappa shape index (κ3) is 12.3. The van der Waals surface area contributed by atoms with E-state index in [-0.39, 0.29) is 30.6 Å². The Bertz CT molecular complexity index is 707. The maximum absolute atomic E-state index is 12.9. The largest absolute Gasteiger partial charge is 0.480 e. The van der Waals surface area contributed by atoms with Crippen molar-refractivity contribution in [1.82, 2.24) is 16.0 Å². The van der Waals surface area contributed by atoms with E-state index in [4.69, 9.17) is 17.2 Å². The number of carbonyl (C=O) groups excluding carboxylic acids is 3. The molecular formula is C20H39N7O5S2. The number of hydrogen-bond acceptors (Lipinski definition) is 8. The lowest BCUT2D eigenvalue weighted by atomic mass is 9.98. The van der Waals surface area contributed by atoms with Gasteiger partial charge in [0, 0.05) is 12.3 Å². The van der Waals surface area contributed by atoms with Gasteiger partial charge in [0.15, 0.2) is 5.96 Å². The van der Waals surface area contributed by atoms with Crippen molar-refractivity contribution in [2.45, 2.75) is 63.7 Å². The number of carbonyl (C=O) groups is 4. The Balaban J connectivity index is 5.40. The van der Waals surface area contributed by atoms with Crippen LogP contribution in [0.2, 0.25) is 0 Å². The standard InChI is InChI=1S/C20H39N7O5S2/c1-4-11(2)15(19(31)32)27-17(29)13(6-5-8-24-20(22)23)25-18(30)14(10-33)26-16(28)12(21)7-9-34-3/h11-15,33H,4-10,21H2,1-3H3,(H,25,30)(H,26,28)(H,27,29)(H,31,32)(H4,22,23,24). The molecular weight excluding hydrogens is 482 g/mol. The fourth-order valence-corrected chi connectivity index (χ4v) is 3.58. The first-order valence-electron chi connectivity index (χ1n) is 11.0. The molecule has 0 spiro atoms. The van der Waals surface area contributed by atoms with Gasteiger partial charge in [0.1, 0.15) is 18.1 Å². The zero-order chi connectivity index (χ0) is 26.3. The highest BCUT2D eigenvalue weighted by Gasteiger charge is 2.31. The number of nitrogens with one attached hydrogen (secondary N) is 3. The van der Waals surface area contributed by atoms with Crippen LogP contribution < -0.4 is 33.2 Å². The van der Waals surface area contributed by atoms with Crippen LogP contribution in [-0.2, 0) is 19.2 Å². The third-order valence-corrected chi connectivity index (χ3v) is 6.15. The molecule has 0 aliphatic carbocycles. The molecule has 0 aliphatic heterocycles. The SMILES string of the molecule is CCC(C)C(NC(=O)C(CCCN=C(N)N)NC(=O)C(CS)NC(=O)C(N)CCSC)C(=O)O. The van der Waals surface area contributed by atoms with Crippen LogP contribution >= 0.6 is 24.4 Å². The van der Waals surface area contributed by atoms with Crippen molar-refractivity contribution in [3.8, 4) is 0 Å². The van der Waals surface area contributed by atoms with Gasteiger partial charge >= 0.3 is 5.97 Å². The highest BCUT2D eigenvalue weighted by molar-refractivity contribution is 7.98. The van der Waals surface area contributed by atoms with Crippen molar-refractivity contribution in [3.63, 3.8) is 0 Å². The van der Waals surface area contributed by atoms with E-state index >= 15 is 0 Å². The Hall–Kier alpha value is -2.19. The van der Waals surface area contributed by atoms with Crippen molar-refractivity contribution >= 4 is 54.0 Å². The smallest absolute Gasteiger partial charge is 0.326 e. The average molecular weight is 522 g/mol. The second-order valence-electron chi connectivity index (χ2n) is 7.85. The Kier molecular flexibility index (Phi) is 16.2. The summed E-state index contributed by atoms with van der Waals surface area (Å²) in [6.07, 6.45) is 3.35. The molecule has 5 unspecified atom stereocenters. The summed E-state index contributed by atoms with van der Waals surface area (Å²) in [5, 5.41) is 17.1. The zero-order valence-electron chi connectivity index (χ0n) is 20.0. The van der Waals surface area contributed by atoms with Crippen LogP contribution in [0, 0.1) is 5.92 Å². The predicted molar refractivity (Wildman–Crippen MR) is 138 cm³/mol. The van der Waals surface area contributed by atoms with Crippen LogP contribution in [-0.4, -0.2) is 83.2 Å². The molecule has 0 saturated heterocycles. The molecule has 12 nitrogen and oxygen atoms in total. The molecule has 10 N–H and O–H groups in total. The Morgan fingerprint density at radius 2 is 1.62 bits per heavy atom. The van der Waals surface area contributed by atoms with Crippen molar-refractivity contribution < 1.29 is 24.3 Å². The number of carboxylic acids is 1. The second-order valence-corrected chi connectivity index (χ2v) is 9.20. The normalized spacial score (nSPS) is 15.2. The number of nitrogens with zero attached hydrogens (tertiary/aromatic N) is 1. The summed E-state index contributed by atoms with van der Waals surface area (Å²) in [4.78, 5) is 53.5. The van der Waals surface area contributed by atoms with Crippen LogP contribution in [0.3, 0.4) is 0 Å². The number of nitrogens with two attached hydrogens (primary N) is 3. The van der Waals surface area contributed by atoms with E-state index in [1.54, 1.807) is 18.7 Å². The first-order valence-corrected chi connectivity index (χ1v) is 13.1. The first kappa shape index (κ1) is 31.8. The monoisotopic (exact) mass is 521 g/mol. The number of rotatable bonds is 17. The molecule has 34 heavy (non-hydrogen) atoms. The fourth-order valence-electron chi connectivity index (χ4n) is 2.83. The number of aliphatic imine (C=N–C) groups is 1. The van der Waals surface area contributed by atoms with E-state index in [1.165, 1.54) is 0 Å². The van der Waals surface area contributed by atoms with Gasteiger partial charge in [-0.1, -0.05) is 20.3 Å². The maximum Gasteiger partial charge on any atom is 0.326 e. The summed E-state index contributed by atoms with van der Waals surface area (Å²) < 4.78 is 0. The number of guanidine groups is 1. The molecule has 14 heteroatoms. The number of carboxylic acid groups (broad SMARTS) is 1. The van der Waals surface area contributed by atoms with E-state index in [0.29, 0.717) is 25.0 Å². The van der Waals surface area contributed by atoms with E-state index in [1.807, 2.05) is 13.2 Å². The number of amides is 3. The van der Waals surface area contributed by atoms with Crippen LogP contribution in [0.15, 0.2) is 4.99 Å². The lowest BCUT2D eigenvalue weighted by molar-refractivity contribution is -0.143. The second kappa shape index (κ2) is 17.3. The summed E-state index contributed by atoms with van der Waals surface area (Å²) >= 11 is 5.67. The first-order chi connectivity index (χ1) is 16.0. The average Bonchev–Trinajstić information content (AvgIpc) is 2.79. The van der Waals surface area contributed by atoms with Crippen molar-refractivity contribution in [2.24, 2.45) is 28.1 Å². The summed E-state index contributed by atoms with van der Waals surface area (Å²) in [7, 11) is 0. The highest BCUT2D eigenvalue weighted by atomic mass is 32.2. The van der Waals surface area contributed by atoms with Gasteiger partial charge in [-0.25, -0.2) is 4.79 Å². The maximum atomic E-state index is 12.9. The lowest BCUT2D eigenvalue weighted by Gasteiger charge is -2.26. The van der Waals surface area contributed by atoms with Gasteiger partial charge in [-0.05, 0) is 37.2 Å². The molecule has 3 amide bonds. The molecule has 0 bridgehead atoms. The summed E-state index contributed by atoms with van der Waals surface area (Å²) in [6, 6.07) is -4.01. The van der Waals surface area contributed by atoms with Crippen LogP contribution in [0.5, 0.6) is 0 Å². The van der Waals surface area contributed by atoms with Gasteiger partial charge in [0.2, 0.25) is 17.7 Å².